The molecule has 0 bridgehead atoms. The van der Waals surface area contributed by atoms with Crippen molar-refractivity contribution in [3.05, 3.63) is 18.2 Å². The van der Waals surface area contributed by atoms with E-state index in [0.29, 0.717) is 23.6 Å². The molecule has 2 aliphatic rings. The first-order valence-electron chi connectivity index (χ1n) is 7.03. The number of amides is 1. The van der Waals surface area contributed by atoms with Crippen LogP contribution in [0.15, 0.2) is 18.2 Å². The van der Waals surface area contributed by atoms with Crippen LogP contribution in [0, 0.1) is 0 Å². The topological polar surface area (TPSA) is 84.9 Å². The molecule has 1 aromatic rings. The fraction of sp³-hybridized carbons (Fsp3) is 0.500. The summed E-state index contributed by atoms with van der Waals surface area (Å²) in [6, 6.07) is 5.10. The summed E-state index contributed by atoms with van der Waals surface area (Å²) in [4.78, 5) is 13.9. The van der Waals surface area contributed by atoms with Crippen LogP contribution in [0.5, 0.6) is 11.5 Å². The number of hydrogen-bond donors (Lipinski definition) is 1. The minimum Gasteiger partial charge on any atom is -0.454 e. The van der Waals surface area contributed by atoms with Crippen molar-refractivity contribution in [3.63, 3.8) is 0 Å². The van der Waals surface area contributed by atoms with Crippen LogP contribution in [0.1, 0.15) is 6.42 Å². The van der Waals surface area contributed by atoms with Gasteiger partial charge in [-0.25, -0.2) is 8.42 Å². The number of carbonyl (C=O) groups is 1. The Bertz CT molecular complexity index is 688. The van der Waals surface area contributed by atoms with Crippen LogP contribution in [0.4, 0.5) is 5.69 Å². The van der Waals surface area contributed by atoms with E-state index in [4.69, 9.17) is 9.47 Å². The molecule has 1 saturated heterocycles. The zero-order valence-electron chi connectivity index (χ0n) is 12.2. The van der Waals surface area contributed by atoms with Gasteiger partial charge in [-0.2, -0.15) is 0 Å². The van der Waals surface area contributed by atoms with Gasteiger partial charge in [-0.05, 0) is 25.6 Å². The zero-order valence-corrected chi connectivity index (χ0v) is 13.1. The monoisotopic (exact) mass is 326 g/mol. The van der Waals surface area contributed by atoms with Crippen LogP contribution in [0.25, 0.3) is 0 Å². The maximum atomic E-state index is 12.1. The lowest BCUT2D eigenvalue weighted by atomic mass is 10.2. The molecule has 0 aliphatic carbocycles. The second-order valence-electron chi connectivity index (χ2n) is 5.59. The summed E-state index contributed by atoms with van der Waals surface area (Å²) in [5.74, 6) is 1.40. The number of sulfone groups is 1. The Morgan fingerprint density at radius 3 is 2.86 bits per heavy atom. The first-order valence-corrected chi connectivity index (χ1v) is 8.85. The molecule has 0 spiro atoms. The third-order valence-electron chi connectivity index (χ3n) is 3.88. The Kier molecular flexibility index (Phi) is 3.96. The SMILES string of the molecule is CN(CC(=O)Nc1ccc2c(c1)OCO2)C1CCS(=O)(=O)C1. The molecule has 7 nitrogen and oxygen atoms in total. The summed E-state index contributed by atoms with van der Waals surface area (Å²) in [6.07, 6.45) is 0.580. The van der Waals surface area contributed by atoms with E-state index in [-0.39, 0.29) is 36.8 Å². The molecule has 1 N–H and O–H groups in total. The fourth-order valence-corrected chi connectivity index (χ4v) is 4.46. The van der Waals surface area contributed by atoms with Crippen LogP contribution in [0.2, 0.25) is 0 Å². The van der Waals surface area contributed by atoms with E-state index in [1.165, 1.54) is 0 Å². The van der Waals surface area contributed by atoms with Gasteiger partial charge in [-0.15, -0.1) is 0 Å². The Morgan fingerprint density at radius 2 is 2.14 bits per heavy atom. The second kappa shape index (κ2) is 5.77. The summed E-state index contributed by atoms with van der Waals surface area (Å²) in [7, 11) is -1.18. The summed E-state index contributed by atoms with van der Waals surface area (Å²) < 4.78 is 33.4. The fourth-order valence-electron chi connectivity index (χ4n) is 2.65. The van der Waals surface area contributed by atoms with E-state index in [2.05, 4.69) is 5.32 Å². The van der Waals surface area contributed by atoms with Crippen molar-refractivity contribution in [3.8, 4) is 11.5 Å². The molecule has 2 heterocycles. The van der Waals surface area contributed by atoms with Gasteiger partial charge >= 0.3 is 0 Å². The highest BCUT2D eigenvalue weighted by Gasteiger charge is 2.31. The molecule has 1 aromatic carbocycles. The lowest BCUT2D eigenvalue weighted by Crippen LogP contribution is -2.38. The molecule has 2 aliphatic heterocycles. The van der Waals surface area contributed by atoms with Crippen LogP contribution >= 0.6 is 0 Å². The van der Waals surface area contributed by atoms with Gasteiger partial charge in [0.05, 0.1) is 18.1 Å². The number of anilines is 1. The number of fused-ring (bicyclic) bond motifs is 1. The van der Waals surface area contributed by atoms with E-state index in [1.807, 2.05) is 0 Å². The number of rotatable bonds is 4. The van der Waals surface area contributed by atoms with E-state index in [0.717, 1.165) is 0 Å². The predicted octanol–water partition coefficient (Wildman–Crippen LogP) is 0.473. The molecule has 1 amide bonds. The maximum Gasteiger partial charge on any atom is 0.238 e. The van der Waals surface area contributed by atoms with E-state index in [9.17, 15) is 13.2 Å². The third-order valence-corrected chi connectivity index (χ3v) is 5.63. The lowest BCUT2D eigenvalue weighted by Gasteiger charge is -2.22. The highest BCUT2D eigenvalue weighted by atomic mass is 32.2. The van der Waals surface area contributed by atoms with Crippen LogP contribution in [-0.2, 0) is 14.6 Å². The van der Waals surface area contributed by atoms with Crippen molar-refractivity contribution >= 4 is 21.4 Å². The normalized spacial score (nSPS) is 22.0. The molecule has 1 fully saturated rings. The molecule has 22 heavy (non-hydrogen) atoms. The molecule has 1 atom stereocenters. The van der Waals surface area contributed by atoms with Gasteiger partial charge in [-0.1, -0.05) is 0 Å². The van der Waals surface area contributed by atoms with Gasteiger partial charge in [0, 0.05) is 17.8 Å². The molecule has 3 rings (SSSR count). The van der Waals surface area contributed by atoms with Crippen molar-refractivity contribution in [2.24, 2.45) is 0 Å². The summed E-state index contributed by atoms with van der Waals surface area (Å²) >= 11 is 0. The molecule has 120 valence electrons. The van der Waals surface area contributed by atoms with Crippen molar-refractivity contribution in [2.75, 3.05) is 37.2 Å². The summed E-state index contributed by atoms with van der Waals surface area (Å²) in [5.41, 5.74) is 0.627. The van der Waals surface area contributed by atoms with Crippen molar-refractivity contribution in [1.29, 1.82) is 0 Å². The quantitative estimate of drug-likeness (QED) is 0.866. The minimum atomic E-state index is -2.95. The molecular formula is C14H18N2O5S. The molecule has 0 saturated carbocycles. The largest absolute Gasteiger partial charge is 0.454 e. The average molecular weight is 326 g/mol. The molecule has 1 unspecified atom stereocenters. The smallest absolute Gasteiger partial charge is 0.238 e. The van der Waals surface area contributed by atoms with Crippen molar-refractivity contribution in [2.45, 2.75) is 12.5 Å². The van der Waals surface area contributed by atoms with Crippen molar-refractivity contribution < 1.29 is 22.7 Å². The first-order chi connectivity index (χ1) is 10.4. The maximum absolute atomic E-state index is 12.1. The highest BCUT2D eigenvalue weighted by Crippen LogP contribution is 2.34. The van der Waals surface area contributed by atoms with Gasteiger partial charge in [0.2, 0.25) is 12.7 Å². The van der Waals surface area contributed by atoms with Gasteiger partial charge in [0.15, 0.2) is 21.3 Å². The number of likely N-dealkylation sites (N-methyl/N-ethyl adjacent to an activating group) is 1. The second-order valence-corrected chi connectivity index (χ2v) is 7.82. The minimum absolute atomic E-state index is 0.0903. The zero-order chi connectivity index (χ0) is 15.7. The highest BCUT2D eigenvalue weighted by molar-refractivity contribution is 7.91. The predicted molar refractivity (Wildman–Crippen MR) is 80.9 cm³/mol. The third kappa shape index (κ3) is 3.33. The van der Waals surface area contributed by atoms with Gasteiger partial charge in [0.1, 0.15) is 0 Å². The Hall–Kier alpha value is -1.80. The number of carbonyl (C=O) groups excluding carboxylic acids is 1. The molecule has 8 heteroatoms. The molecular weight excluding hydrogens is 308 g/mol. The first kappa shape index (κ1) is 15.1. The Morgan fingerprint density at radius 1 is 1.36 bits per heavy atom. The van der Waals surface area contributed by atoms with E-state index >= 15 is 0 Å². The van der Waals surface area contributed by atoms with Crippen LogP contribution < -0.4 is 14.8 Å². The summed E-state index contributed by atoms with van der Waals surface area (Å²) in [6.45, 7) is 0.334. The lowest BCUT2D eigenvalue weighted by molar-refractivity contribution is -0.117. The van der Waals surface area contributed by atoms with Crippen LogP contribution in [-0.4, -0.2) is 57.2 Å². The van der Waals surface area contributed by atoms with Gasteiger partial charge < -0.3 is 14.8 Å². The summed E-state index contributed by atoms with van der Waals surface area (Å²) in [5, 5.41) is 2.78. The average Bonchev–Trinajstić information content (AvgIpc) is 3.04. The number of nitrogens with one attached hydrogen (secondary N) is 1. The van der Waals surface area contributed by atoms with Crippen LogP contribution in [0.3, 0.4) is 0 Å². The number of hydrogen-bond acceptors (Lipinski definition) is 6. The Labute approximate surface area is 129 Å². The van der Waals surface area contributed by atoms with E-state index < -0.39 is 9.84 Å². The Balaban J connectivity index is 1.56. The van der Waals surface area contributed by atoms with Gasteiger partial charge in [0.25, 0.3) is 0 Å². The van der Waals surface area contributed by atoms with Crippen molar-refractivity contribution in [1.82, 2.24) is 4.90 Å². The number of nitrogens with zero attached hydrogens (tertiary/aromatic N) is 1. The number of benzene rings is 1. The standard InChI is InChI=1S/C14H18N2O5S/c1-16(11-4-5-22(18,19)8-11)7-14(17)15-10-2-3-12-13(6-10)21-9-20-12/h2-3,6,11H,4-5,7-9H2,1H3,(H,15,17). The van der Waals surface area contributed by atoms with Gasteiger partial charge in [-0.3, -0.25) is 9.69 Å². The molecule has 0 aromatic heterocycles. The number of ether oxygens (including phenoxy) is 2. The molecule has 0 radical (unpaired) electrons. The van der Waals surface area contributed by atoms with E-state index in [1.54, 1.807) is 30.1 Å².